The van der Waals surface area contributed by atoms with Gasteiger partial charge in [0.2, 0.25) is 0 Å². The summed E-state index contributed by atoms with van der Waals surface area (Å²) in [5.74, 6) is 0.646. The van der Waals surface area contributed by atoms with Gasteiger partial charge < -0.3 is 4.74 Å². The third kappa shape index (κ3) is 5.01. The van der Waals surface area contributed by atoms with E-state index in [2.05, 4.69) is 6.92 Å². The first kappa shape index (κ1) is 21.4. The SMILES string of the molecule is CCCCOc1ccccc1S(OS(C)(=O)=O)(c1ccccc1)c1ccccc1. The number of rotatable bonds is 9. The molecular weight excluding hydrogens is 404 g/mol. The Balaban J connectivity index is 2.31. The molecule has 0 aliphatic rings. The van der Waals surface area contributed by atoms with Gasteiger partial charge in [-0.05, 0) is 53.1 Å². The van der Waals surface area contributed by atoms with Crippen molar-refractivity contribution in [2.45, 2.75) is 34.5 Å². The topological polar surface area (TPSA) is 52.6 Å². The highest BCUT2D eigenvalue weighted by Gasteiger charge is 2.38. The Morgan fingerprint density at radius 1 is 0.759 bits per heavy atom. The molecule has 0 spiro atoms. The summed E-state index contributed by atoms with van der Waals surface area (Å²) in [6.07, 6.45) is 3.03. The summed E-state index contributed by atoms with van der Waals surface area (Å²) in [7, 11) is -6.36. The van der Waals surface area contributed by atoms with Crippen LogP contribution in [0.3, 0.4) is 0 Å². The summed E-state index contributed by atoms with van der Waals surface area (Å²) in [4.78, 5) is 2.32. The lowest BCUT2D eigenvalue weighted by atomic mass is 10.3. The molecule has 154 valence electrons. The molecule has 3 aromatic rings. The monoisotopic (exact) mass is 430 g/mol. The van der Waals surface area contributed by atoms with Crippen molar-refractivity contribution in [3.63, 3.8) is 0 Å². The minimum absolute atomic E-state index is 0.561. The van der Waals surface area contributed by atoms with E-state index in [9.17, 15) is 8.42 Å². The molecule has 0 aliphatic carbocycles. The Kier molecular flexibility index (Phi) is 7.00. The lowest BCUT2D eigenvalue weighted by Gasteiger charge is -2.39. The van der Waals surface area contributed by atoms with Gasteiger partial charge in [0.05, 0.1) is 17.8 Å². The number of benzene rings is 3. The van der Waals surface area contributed by atoms with Crippen molar-refractivity contribution in [1.82, 2.24) is 0 Å². The minimum atomic E-state index is -3.79. The lowest BCUT2D eigenvalue weighted by Crippen LogP contribution is -2.14. The summed E-state index contributed by atoms with van der Waals surface area (Å²) in [5, 5.41) is 0. The van der Waals surface area contributed by atoms with Crippen LogP contribution in [-0.2, 0) is 13.7 Å². The molecule has 0 amide bonds. The van der Waals surface area contributed by atoms with Crippen LogP contribution in [0.1, 0.15) is 19.8 Å². The summed E-state index contributed by atoms with van der Waals surface area (Å²) in [5.41, 5.74) is 0. The fourth-order valence-electron chi connectivity index (χ4n) is 3.05. The van der Waals surface area contributed by atoms with Gasteiger partial charge in [-0.25, -0.2) is 3.63 Å². The molecule has 0 aromatic heterocycles. The number of ether oxygens (including phenoxy) is 1. The van der Waals surface area contributed by atoms with Crippen molar-refractivity contribution < 1.29 is 16.8 Å². The maximum atomic E-state index is 12.5. The molecular formula is C23H26O4S2. The zero-order valence-electron chi connectivity index (χ0n) is 16.7. The average molecular weight is 431 g/mol. The molecule has 0 saturated heterocycles. The fraction of sp³-hybridized carbons (Fsp3) is 0.217. The Morgan fingerprint density at radius 3 is 1.79 bits per heavy atom. The predicted octanol–water partition coefficient (Wildman–Crippen LogP) is 6.04. The second kappa shape index (κ2) is 9.48. The van der Waals surface area contributed by atoms with Crippen LogP contribution in [0.5, 0.6) is 5.75 Å². The molecule has 0 fully saturated rings. The van der Waals surface area contributed by atoms with E-state index in [1.807, 2.05) is 84.9 Å². The summed E-state index contributed by atoms with van der Waals surface area (Å²) in [6.45, 7) is 2.66. The van der Waals surface area contributed by atoms with Crippen LogP contribution in [0.4, 0.5) is 0 Å². The van der Waals surface area contributed by atoms with Crippen molar-refractivity contribution in [3.8, 4) is 5.75 Å². The van der Waals surface area contributed by atoms with Crippen LogP contribution in [-0.4, -0.2) is 21.3 Å². The molecule has 0 unspecified atom stereocenters. The molecule has 3 rings (SSSR count). The molecule has 0 N–H and O–H groups in total. The van der Waals surface area contributed by atoms with Gasteiger partial charge in [0.25, 0.3) is 10.1 Å². The molecule has 0 saturated carbocycles. The molecule has 4 nitrogen and oxygen atoms in total. The van der Waals surface area contributed by atoms with Gasteiger partial charge in [0, 0.05) is 9.79 Å². The van der Waals surface area contributed by atoms with E-state index in [-0.39, 0.29) is 0 Å². The highest BCUT2D eigenvalue weighted by molar-refractivity contribution is 8.33. The van der Waals surface area contributed by atoms with Gasteiger partial charge in [0.1, 0.15) is 5.75 Å². The van der Waals surface area contributed by atoms with Crippen LogP contribution in [0.25, 0.3) is 0 Å². The fourth-order valence-corrected chi connectivity index (χ4v) is 7.99. The molecule has 6 heteroatoms. The number of hydrogen-bond donors (Lipinski definition) is 0. The Bertz CT molecular complexity index is 980. The van der Waals surface area contributed by atoms with E-state index in [1.54, 1.807) is 0 Å². The maximum Gasteiger partial charge on any atom is 0.274 e. The normalized spacial score (nSPS) is 12.5. The third-order valence-electron chi connectivity index (χ3n) is 4.29. The molecule has 0 radical (unpaired) electrons. The largest absolute Gasteiger partial charge is 0.492 e. The van der Waals surface area contributed by atoms with Crippen LogP contribution < -0.4 is 4.74 Å². The van der Waals surface area contributed by atoms with Crippen molar-refractivity contribution >= 4 is 20.4 Å². The van der Waals surface area contributed by atoms with E-state index >= 15 is 0 Å². The van der Waals surface area contributed by atoms with Crippen molar-refractivity contribution in [1.29, 1.82) is 0 Å². The summed E-state index contributed by atoms with van der Waals surface area (Å²) >= 11 is 0. The van der Waals surface area contributed by atoms with Gasteiger partial charge in [-0.2, -0.15) is 8.42 Å². The van der Waals surface area contributed by atoms with E-state index in [4.69, 9.17) is 8.37 Å². The highest BCUT2D eigenvalue weighted by atomic mass is 32.3. The zero-order valence-corrected chi connectivity index (χ0v) is 18.3. The molecule has 0 atom stereocenters. The standard InChI is InChI=1S/C23H26O4S2/c1-3-4-19-26-22-17-11-12-18-23(22)29(27-28(2,24)25,20-13-7-5-8-14-20)21-15-9-6-10-16-21/h5-18H,3-4,19H2,1-2H3. The number of unbranched alkanes of at least 4 members (excludes halogenated alkanes) is 1. The molecule has 0 heterocycles. The Labute approximate surface area is 175 Å². The minimum Gasteiger partial charge on any atom is -0.492 e. The van der Waals surface area contributed by atoms with Gasteiger partial charge in [-0.15, -0.1) is 0 Å². The van der Waals surface area contributed by atoms with Crippen LogP contribution in [0, 0.1) is 0 Å². The Hall–Kier alpha value is -2.28. The summed E-state index contributed by atoms with van der Waals surface area (Å²) < 4.78 is 37.1. The molecule has 29 heavy (non-hydrogen) atoms. The maximum absolute atomic E-state index is 12.5. The van der Waals surface area contributed by atoms with E-state index in [0.29, 0.717) is 12.4 Å². The van der Waals surface area contributed by atoms with E-state index < -0.39 is 20.4 Å². The first-order valence-electron chi connectivity index (χ1n) is 9.54. The van der Waals surface area contributed by atoms with Gasteiger partial charge in [-0.1, -0.05) is 61.9 Å². The highest BCUT2D eigenvalue weighted by Crippen LogP contribution is 2.71. The smallest absolute Gasteiger partial charge is 0.274 e. The van der Waals surface area contributed by atoms with Crippen molar-refractivity contribution in [2.75, 3.05) is 12.9 Å². The van der Waals surface area contributed by atoms with E-state index in [0.717, 1.165) is 33.8 Å². The predicted molar refractivity (Wildman–Crippen MR) is 118 cm³/mol. The van der Waals surface area contributed by atoms with Crippen molar-refractivity contribution in [2.24, 2.45) is 0 Å². The van der Waals surface area contributed by atoms with Crippen molar-refractivity contribution in [3.05, 3.63) is 84.9 Å². The first-order chi connectivity index (χ1) is 14.0. The number of para-hydroxylation sites is 1. The molecule has 0 bridgehead atoms. The van der Waals surface area contributed by atoms with E-state index in [1.165, 1.54) is 0 Å². The molecule has 3 aromatic carbocycles. The first-order valence-corrected chi connectivity index (χ1v) is 12.9. The quantitative estimate of drug-likeness (QED) is 0.388. The van der Waals surface area contributed by atoms with Crippen LogP contribution in [0.2, 0.25) is 0 Å². The Morgan fingerprint density at radius 2 is 1.28 bits per heavy atom. The van der Waals surface area contributed by atoms with Crippen LogP contribution in [0.15, 0.2) is 99.6 Å². The molecule has 0 aliphatic heterocycles. The zero-order chi connectivity index (χ0) is 20.7. The average Bonchev–Trinajstić information content (AvgIpc) is 2.73. The van der Waals surface area contributed by atoms with Gasteiger partial charge in [0.15, 0.2) is 0 Å². The number of hydrogen-bond acceptors (Lipinski definition) is 4. The second-order valence-electron chi connectivity index (χ2n) is 6.60. The van der Waals surface area contributed by atoms with Gasteiger partial charge in [-0.3, -0.25) is 0 Å². The summed E-state index contributed by atoms with van der Waals surface area (Å²) in [6, 6.07) is 26.6. The van der Waals surface area contributed by atoms with Gasteiger partial charge >= 0.3 is 0 Å². The van der Waals surface area contributed by atoms with Crippen LogP contribution >= 0.6 is 10.3 Å². The lowest BCUT2D eigenvalue weighted by molar-refractivity contribution is 0.301. The third-order valence-corrected chi connectivity index (χ3v) is 8.92. The second-order valence-corrected chi connectivity index (χ2v) is 11.1.